The van der Waals surface area contributed by atoms with E-state index >= 15 is 4.39 Å². The summed E-state index contributed by atoms with van der Waals surface area (Å²) in [4.78, 5) is 10.6. The van der Waals surface area contributed by atoms with Crippen LogP contribution in [0.5, 0.6) is 5.75 Å². The van der Waals surface area contributed by atoms with Crippen LogP contribution in [0.4, 0.5) is 18.9 Å². The topological polar surface area (TPSA) is 92.7 Å². The molecule has 1 aliphatic rings. The molecule has 0 bridgehead atoms. The molecule has 2 N–H and O–H groups in total. The van der Waals surface area contributed by atoms with Crippen molar-refractivity contribution < 1.29 is 36.2 Å². The third-order valence-corrected chi connectivity index (χ3v) is 7.74. The zero-order valence-corrected chi connectivity index (χ0v) is 20.1. The number of carbonyl (C=O) groups is 1. The molecule has 0 aliphatic heterocycles. The molecular formula is C26H24F3NO5S. The lowest BCUT2D eigenvalue weighted by Crippen LogP contribution is -2.23. The van der Waals surface area contributed by atoms with Gasteiger partial charge in [0.25, 0.3) is 10.0 Å². The lowest BCUT2D eigenvalue weighted by atomic mass is 9.82. The molecule has 190 valence electrons. The molecule has 0 atom stereocenters. The number of nitrogens with one attached hydrogen (secondary N) is 1. The summed E-state index contributed by atoms with van der Waals surface area (Å²) in [5, 5.41) is 9.12. The second-order valence-electron chi connectivity index (χ2n) is 8.70. The molecule has 0 heterocycles. The predicted molar refractivity (Wildman–Crippen MR) is 129 cm³/mol. The Balaban J connectivity index is 1.59. The molecule has 0 saturated heterocycles. The summed E-state index contributed by atoms with van der Waals surface area (Å²) >= 11 is 0. The predicted octanol–water partition coefficient (Wildman–Crippen LogP) is 6.29. The van der Waals surface area contributed by atoms with Crippen molar-refractivity contribution in [2.75, 3.05) is 11.8 Å². The van der Waals surface area contributed by atoms with Crippen LogP contribution in [0, 0.1) is 5.82 Å². The summed E-state index contributed by atoms with van der Waals surface area (Å²) < 4.78 is 75.7. The minimum Gasteiger partial charge on any atom is -0.495 e. The van der Waals surface area contributed by atoms with Gasteiger partial charge in [0, 0.05) is 18.4 Å². The van der Waals surface area contributed by atoms with Crippen LogP contribution in [0.2, 0.25) is 0 Å². The van der Waals surface area contributed by atoms with E-state index in [2.05, 4.69) is 4.72 Å². The summed E-state index contributed by atoms with van der Waals surface area (Å²) in [6, 6.07) is 14.4. The van der Waals surface area contributed by atoms with Crippen LogP contribution in [0.25, 0.3) is 11.1 Å². The number of halogens is 3. The van der Waals surface area contributed by atoms with Crippen molar-refractivity contribution in [1.82, 2.24) is 0 Å². The average molecular weight is 520 g/mol. The molecule has 3 aromatic carbocycles. The van der Waals surface area contributed by atoms with E-state index in [0.717, 1.165) is 17.7 Å². The van der Waals surface area contributed by atoms with Gasteiger partial charge in [0.05, 0.1) is 18.4 Å². The fraction of sp³-hybridized carbons (Fsp3) is 0.269. The zero-order valence-electron chi connectivity index (χ0n) is 19.3. The van der Waals surface area contributed by atoms with Crippen molar-refractivity contribution in [3.63, 3.8) is 0 Å². The quantitative estimate of drug-likeness (QED) is 0.383. The standard InChI is InChI=1S/C26H24F3NO5S/c1-35-22-15-19(25(31)32)9-10-21(22)30-36(33,34)23-4-2-3-20(24(23)27)18-7-5-16(6-8-18)17-11-13-26(28,29)14-12-17/h2-10,15,17,30H,11-14H2,1H3,(H,31,32). The van der Waals surface area contributed by atoms with Crippen molar-refractivity contribution in [3.8, 4) is 16.9 Å². The SMILES string of the molecule is COc1cc(C(=O)O)ccc1NS(=O)(=O)c1cccc(-c2ccc(C3CCC(F)(F)CC3)cc2)c1F. The number of methoxy groups -OCH3 is 1. The molecule has 0 radical (unpaired) electrons. The Morgan fingerprint density at radius 1 is 1.06 bits per heavy atom. The molecule has 0 spiro atoms. The first kappa shape index (κ1) is 25.6. The normalized spacial score (nSPS) is 15.9. The van der Waals surface area contributed by atoms with Crippen molar-refractivity contribution in [3.05, 3.63) is 77.6 Å². The maximum absolute atomic E-state index is 15.4. The lowest BCUT2D eigenvalue weighted by Gasteiger charge is -2.28. The summed E-state index contributed by atoms with van der Waals surface area (Å²) in [6.45, 7) is 0. The Morgan fingerprint density at radius 3 is 2.33 bits per heavy atom. The zero-order chi connectivity index (χ0) is 26.1. The first-order chi connectivity index (χ1) is 17.0. The highest BCUT2D eigenvalue weighted by atomic mass is 32.2. The summed E-state index contributed by atoms with van der Waals surface area (Å²) in [5.41, 5.74) is 1.24. The van der Waals surface area contributed by atoms with E-state index in [-0.39, 0.29) is 41.3 Å². The van der Waals surface area contributed by atoms with Gasteiger partial charge in [-0.2, -0.15) is 0 Å². The van der Waals surface area contributed by atoms with E-state index < -0.39 is 32.6 Å². The number of rotatable bonds is 7. The van der Waals surface area contributed by atoms with Gasteiger partial charge in [-0.1, -0.05) is 36.4 Å². The minimum absolute atomic E-state index is 0.00179. The molecule has 0 aromatic heterocycles. The summed E-state index contributed by atoms with van der Waals surface area (Å²) in [6.07, 6.45) is 0.420. The van der Waals surface area contributed by atoms with Gasteiger partial charge in [-0.3, -0.25) is 4.72 Å². The van der Waals surface area contributed by atoms with Crippen LogP contribution in [0.15, 0.2) is 65.6 Å². The summed E-state index contributed by atoms with van der Waals surface area (Å²) in [7, 11) is -3.15. The number of alkyl halides is 2. The third-order valence-electron chi connectivity index (χ3n) is 6.36. The number of carboxylic acids is 1. The van der Waals surface area contributed by atoms with Gasteiger partial charge < -0.3 is 9.84 Å². The molecule has 3 aromatic rings. The van der Waals surface area contributed by atoms with E-state index in [1.165, 1.54) is 31.4 Å². The van der Waals surface area contributed by atoms with Crippen LogP contribution in [-0.4, -0.2) is 32.5 Å². The monoisotopic (exact) mass is 519 g/mol. The summed E-state index contributed by atoms with van der Waals surface area (Å²) in [5.74, 6) is -4.83. The molecular weight excluding hydrogens is 495 g/mol. The smallest absolute Gasteiger partial charge is 0.335 e. The molecule has 0 unspecified atom stereocenters. The minimum atomic E-state index is -4.40. The Labute approximate surface area is 206 Å². The average Bonchev–Trinajstić information content (AvgIpc) is 2.84. The second-order valence-corrected chi connectivity index (χ2v) is 10.3. The third kappa shape index (κ3) is 5.33. The van der Waals surface area contributed by atoms with Crippen molar-refractivity contribution >= 4 is 21.7 Å². The van der Waals surface area contributed by atoms with Crippen molar-refractivity contribution in [2.45, 2.75) is 42.4 Å². The van der Waals surface area contributed by atoms with Crippen LogP contribution >= 0.6 is 0 Å². The van der Waals surface area contributed by atoms with Crippen LogP contribution in [0.3, 0.4) is 0 Å². The molecule has 1 fully saturated rings. The highest BCUT2D eigenvalue weighted by Gasteiger charge is 2.35. The first-order valence-electron chi connectivity index (χ1n) is 11.2. The maximum Gasteiger partial charge on any atom is 0.335 e. The van der Waals surface area contributed by atoms with Crippen molar-refractivity contribution in [1.29, 1.82) is 0 Å². The number of hydrogen-bond acceptors (Lipinski definition) is 4. The molecule has 6 nitrogen and oxygen atoms in total. The van der Waals surface area contributed by atoms with Crippen LogP contribution in [-0.2, 0) is 10.0 Å². The Morgan fingerprint density at radius 2 is 1.72 bits per heavy atom. The van der Waals surface area contributed by atoms with E-state index in [1.807, 2.05) is 0 Å². The number of benzene rings is 3. The Bertz CT molecular complexity index is 1380. The number of aromatic carboxylic acids is 1. The number of carboxylic acid groups (broad SMARTS) is 1. The maximum atomic E-state index is 15.4. The number of ether oxygens (including phenoxy) is 1. The van der Waals surface area contributed by atoms with E-state index in [1.54, 1.807) is 24.3 Å². The van der Waals surface area contributed by atoms with Gasteiger partial charge in [0.2, 0.25) is 5.92 Å². The van der Waals surface area contributed by atoms with Crippen molar-refractivity contribution in [2.24, 2.45) is 0 Å². The molecule has 36 heavy (non-hydrogen) atoms. The molecule has 4 rings (SSSR count). The van der Waals surface area contributed by atoms with Crippen LogP contribution < -0.4 is 9.46 Å². The molecule has 1 saturated carbocycles. The Kier molecular flexibility index (Phi) is 6.99. The second kappa shape index (κ2) is 9.85. The van der Waals surface area contributed by atoms with Gasteiger partial charge in [-0.15, -0.1) is 0 Å². The molecule has 0 amide bonds. The number of anilines is 1. The number of sulfonamides is 1. The first-order valence-corrected chi connectivity index (χ1v) is 12.7. The fourth-order valence-corrected chi connectivity index (χ4v) is 5.53. The number of hydrogen-bond donors (Lipinski definition) is 2. The van der Waals surface area contributed by atoms with E-state index in [0.29, 0.717) is 18.4 Å². The van der Waals surface area contributed by atoms with Gasteiger partial charge >= 0.3 is 5.97 Å². The van der Waals surface area contributed by atoms with Crippen LogP contribution in [0.1, 0.15) is 47.5 Å². The van der Waals surface area contributed by atoms with E-state index in [9.17, 15) is 22.0 Å². The van der Waals surface area contributed by atoms with Gasteiger partial charge in [0.1, 0.15) is 10.6 Å². The highest BCUT2D eigenvalue weighted by Crippen LogP contribution is 2.41. The van der Waals surface area contributed by atoms with E-state index in [4.69, 9.17) is 9.84 Å². The largest absolute Gasteiger partial charge is 0.495 e. The van der Waals surface area contributed by atoms with Gasteiger partial charge in [0.15, 0.2) is 5.82 Å². The molecule has 1 aliphatic carbocycles. The lowest BCUT2D eigenvalue weighted by molar-refractivity contribution is -0.0382. The van der Waals surface area contributed by atoms with Gasteiger partial charge in [-0.05, 0) is 54.2 Å². The molecule has 10 heteroatoms. The Hall–Kier alpha value is -3.53. The van der Waals surface area contributed by atoms with Gasteiger partial charge in [-0.25, -0.2) is 26.4 Å². The fourth-order valence-electron chi connectivity index (χ4n) is 4.36. The highest BCUT2D eigenvalue weighted by molar-refractivity contribution is 7.92.